The number of carbonyl (C=O) groups excluding carboxylic acids is 2. The zero-order valence-electron chi connectivity index (χ0n) is 23.1. The molecule has 42 heavy (non-hydrogen) atoms. The molecule has 5 rings (SSSR count). The largest absolute Gasteiger partial charge is 0.465 e. The number of nitrogen functional groups attached to an aromatic ring is 1. The SMILES string of the molecule is COC(=O)c1cnn(C)c1/N=N/c1cn(-c2nnc(-n3nc(C)c(/N=N/c4c(C(=O)OC)cnn4C)c3N)s2)nc1C. The molecule has 5 aromatic rings. The Hall–Kier alpha value is -5.66. The zero-order chi connectivity index (χ0) is 30.1. The minimum atomic E-state index is -0.597. The van der Waals surface area contributed by atoms with E-state index in [4.69, 9.17) is 15.2 Å². The molecule has 20 heteroatoms. The van der Waals surface area contributed by atoms with E-state index in [1.807, 2.05) is 0 Å². The summed E-state index contributed by atoms with van der Waals surface area (Å²) in [6.07, 6.45) is 4.31. The van der Waals surface area contributed by atoms with Crippen molar-refractivity contribution in [2.45, 2.75) is 13.8 Å². The summed E-state index contributed by atoms with van der Waals surface area (Å²) >= 11 is 1.16. The van der Waals surface area contributed by atoms with Gasteiger partial charge in [-0.2, -0.15) is 25.1 Å². The smallest absolute Gasteiger partial charge is 0.343 e. The minimum absolute atomic E-state index is 0.152. The standard InChI is InChI=1S/C22H23N15O4S/c1-10-14(26-28-17-12(19(38)40-5)7-24-34(17)3)9-36(32-10)21-30-31-22(42-21)37-16(23)15(11(2)33-37)27-29-18-13(20(39)41-6)8-25-35(18)4/h7-9H,23H2,1-6H3/b28-26+,29-27+. The third kappa shape index (κ3) is 5.00. The second-order valence-electron chi connectivity index (χ2n) is 8.54. The summed E-state index contributed by atoms with van der Waals surface area (Å²) in [5.41, 5.74) is 8.40. The Labute approximate surface area is 240 Å². The molecule has 2 N–H and O–H groups in total. The van der Waals surface area contributed by atoms with Gasteiger partial charge >= 0.3 is 11.9 Å². The number of nitrogens with two attached hydrogens (primary N) is 1. The molecular formula is C22H23N15O4S. The molecule has 19 nitrogen and oxygen atoms in total. The number of nitrogens with zero attached hydrogens (tertiary/aromatic N) is 14. The molecule has 0 unspecified atom stereocenters. The predicted octanol–water partition coefficient (Wildman–Crippen LogP) is 2.98. The average Bonchev–Trinajstić information content (AvgIpc) is 3.79. The summed E-state index contributed by atoms with van der Waals surface area (Å²) in [4.78, 5) is 24.0. The van der Waals surface area contributed by atoms with E-state index in [2.05, 4.69) is 51.0 Å². The molecule has 0 fully saturated rings. The number of methoxy groups -OCH3 is 2. The van der Waals surface area contributed by atoms with Crippen LogP contribution in [0.25, 0.3) is 10.3 Å². The van der Waals surface area contributed by atoms with Gasteiger partial charge in [0, 0.05) is 14.1 Å². The van der Waals surface area contributed by atoms with Gasteiger partial charge in [-0.3, -0.25) is 0 Å². The first-order valence-electron chi connectivity index (χ1n) is 11.9. The summed E-state index contributed by atoms with van der Waals surface area (Å²) < 4.78 is 15.2. The van der Waals surface area contributed by atoms with Crippen LogP contribution in [-0.4, -0.2) is 75.5 Å². The fourth-order valence-electron chi connectivity index (χ4n) is 3.65. The molecule has 0 aromatic carbocycles. The van der Waals surface area contributed by atoms with E-state index in [0.717, 1.165) is 11.3 Å². The Morgan fingerprint density at radius 3 is 2.00 bits per heavy atom. The van der Waals surface area contributed by atoms with Gasteiger partial charge in [0.2, 0.25) is 10.3 Å². The summed E-state index contributed by atoms with van der Waals surface area (Å²) in [6.45, 7) is 3.45. The molecule has 0 aliphatic carbocycles. The maximum absolute atomic E-state index is 12.0. The lowest BCUT2D eigenvalue weighted by Gasteiger charge is -1.99. The monoisotopic (exact) mass is 593 g/mol. The van der Waals surface area contributed by atoms with Crippen molar-refractivity contribution in [3.8, 4) is 10.3 Å². The van der Waals surface area contributed by atoms with Gasteiger partial charge in [-0.15, -0.1) is 30.7 Å². The van der Waals surface area contributed by atoms with E-state index in [9.17, 15) is 9.59 Å². The normalized spacial score (nSPS) is 11.7. The van der Waals surface area contributed by atoms with Crippen LogP contribution in [0.3, 0.4) is 0 Å². The van der Waals surface area contributed by atoms with Crippen molar-refractivity contribution in [3.63, 3.8) is 0 Å². The molecule has 0 saturated carbocycles. The fraction of sp³-hybridized carbons (Fsp3) is 0.273. The molecule has 0 radical (unpaired) electrons. The van der Waals surface area contributed by atoms with E-state index in [0.29, 0.717) is 27.3 Å². The quantitative estimate of drug-likeness (QED) is 0.203. The second-order valence-corrected chi connectivity index (χ2v) is 9.47. The molecule has 0 spiro atoms. The number of anilines is 1. The average molecular weight is 594 g/mol. The van der Waals surface area contributed by atoms with E-state index in [-0.39, 0.29) is 34.3 Å². The predicted molar refractivity (Wildman–Crippen MR) is 145 cm³/mol. The molecule has 5 heterocycles. The third-order valence-corrected chi connectivity index (χ3v) is 6.73. The van der Waals surface area contributed by atoms with Crippen molar-refractivity contribution < 1.29 is 19.1 Å². The lowest BCUT2D eigenvalue weighted by molar-refractivity contribution is 0.0592. The van der Waals surface area contributed by atoms with E-state index < -0.39 is 11.9 Å². The van der Waals surface area contributed by atoms with Crippen molar-refractivity contribution in [1.29, 1.82) is 0 Å². The maximum Gasteiger partial charge on any atom is 0.343 e. The Morgan fingerprint density at radius 1 is 0.833 bits per heavy atom. The van der Waals surface area contributed by atoms with Gasteiger partial charge < -0.3 is 15.2 Å². The number of ether oxygens (including phenoxy) is 2. The van der Waals surface area contributed by atoms with E-state index in [1.54, 1.807) is 34.1 Å². The lowest BCUT2D eigenvalue weighted by Crippen LogP contribution is -2.01. The Kier molecular flexibility index (Phi) is 7.35. The van der Waals surface area contributed by atoms with Gasteiger partial charge in [-0.25, -0.2) is 23.6 Å². The van der Waals surface area contributed by atoms with Gasteiger partial charge in [0.05, 0.1) is 44.2 Å². The topological polar surface area (TPSA) is 225 Å². The molecule has 0 aliphatic heterocycles. The Bertz CT molecular complexity index is 1870. The third-order valence-electron chi connectivity index (χ3n) is 5.84. The number of esters is 2. The van der Waals surface area contributed by atoms with Gasteiger partial charge in [-0.05, 0) is 13.8 Å². The van der Waals surface area contributed by atoms with Crippen molar-refractivity contribution in [2.24, 2.45) is 34.6 Å². The first kappa shape index (κ1) is 27.9. The number of azo groups is 2. The van der Waals surface area contributed by atoms with Gasteiger partial charge in [0.1, 0.15) is 16.8 Å². The molecule has 5 aromatic heterocycles. The van der Waals surface area contributed by atoms with Crippen LogP contribution in [0.15, 0.2) is 39.0 Å². The lowest BCUT2D eigenvalue weighted by atomic mass is 10.3. The highest BCUT2D eigenvalue weighted by molar-refractivity contribution is 7.16. The highest BCUT2D eigenvalue weighted by Crippen LogP contribution is 2.33. The number of hydrogen-bond acceptors (Lipinski definition) is 16. The Morgan fingerprint density at radius 2 is 1.40 bits per heavy atom. The first-order valence-corrected chi connectivity index (χ1v) is 12.7. The van der Waals surface area contributed by atoms with Crippen molar-refractivity contribution in [1.82, 2.24) is 49.3 Å². The van der Waals surface area contributed by atoms with Crippen LogP contribution in [0.5, 0.6) is 0 Å². The van der Waals surface area contributed by atoms with Crippen molar-refractivity contribution >= 4 is 52.1 Å². The van der Waals surface area contributed by atoms with Crippen LogP contribution in [0.1, 0.15) is 32.1 Å². The van der Waals surface area contributed by atoms with Crippen LogP contribution in [0.2, 0.25) is 0 Å². The van der Waals surface area contributed by atoms with Crippen molar-refractivity contribution in [3.05, 3.63) is 41.1 Å². The molecule has 0 aliphatic rings. The van der Waals surface area contributed by atoms with E-state index in [1.165, 1.54) is 45.3 Å². The van der Waals surface area contributed by atoms with Crippen LogP contribution >= 0.6 is 11.3 Å². The number of aryl methyl sites for hydroxylation is 4. The molecule has 0 amide bonds. The molecule has 216 valence electrons. The number of aromatic nitrogens is 10. The maximum atomic E-state index is 12.0. The van der Waals surface area contributed by atoms with Gasteiger partial charge in [0.15, 0.2) is 23.1 Å². The van der Waals surface area contributed by atoms with Crippen LogP contribution in [-0.2, 0) is 23.6 Å². The molecule has 0 saturated heterocycles. The van der Waals surface area contributed by atoms with Crippen LogP contribution in [0.4, 0.5) is 28.8 Å². The number of rotatable bonds is 8. The van der Waals surface area contributed by atoms with Crippen molar-refractivity contribution in [2.75, 3.05) is 20.0 Å². The highest BCUT2D eigenvalue weighted by Gasteiger charge is 2.21. The first-order chi connectivity index (χ1) is 20.1. The molecule has 0 atom stereocenters. The van der Waals surface area contributed by atoms with Gasteiger partial charge in [0.25, 0.3) is 0 Å². The summed E-state index contributed by atoms with van der Waals surface area (Å²) in [7, 11) is 5.78. The van der Waals surface area contributed by atoms with E-state index >= 15 is 0 Å². The fourth-order valence-corrected chi connectivity index (χ4v) is 4.38. The summed E-state index contributed by atoms with van der Waals surface area (Å²) in [6, 6.07) is 0. The highest BCUT2D eigenvalue weighted by atomic mass is 32.1. The number of hydrogen-bond donors (Lipinski definition) is 1. The second kappa shape index (κ2) is 11.1. The number of carbonyl (C=O) groups is 2. The minimum Gasteiger partial charge on any atom is -0.465 e. The summed E-state index contributed by atoms with van der Waals surface area (Å²) in [5, 5.41) is 42.8. The molecule has 0 bridgehead atoms. The van der Waals surface area contributed by atoms with Gasteiger partial charge in [-0.1, -0.05) is 11.3 Å². The molecular weight excluding hydrogens is 570 g/mol. The Balaban J connectivity index is 1.40. The zero-order valence-corrected chi connectivity index (χ0v) is 23.9. The van der Waals surface area contributed by atoms with Crippen LogP contribution < -0.4 is 5.73 Å². The van der Waals surface area contributed by atoms with Crippen LogP contribution in [0, 0.1) is 13.8 Å². The summed E-state index contributed by atoms with van der Waals surface area (Å²) in [5.74, 6) is -0.593.